The van der Waals surface area contributed by atoms with Gasteiger partial charge in [-0.15, -0.1) is 0 Å². The summed E-state index contributed by atoms with van der Waals surface area (Å²) in [5.41, 5.74) is 0.0614. The van der Waals surface area contributed by atoms with E-state index in [-0.39, 0.29) is 5.92 Å². The smallest absolute Gasteiger partial charge is 0.329 e. The van der Waals surface area contributed by atoms with Crippen molar-refractivity contribution in [1.82, 2.24) is 5.32 Å². The monoisotopic (exact) mass is 277 g/mol. The molecule has 0 heterocycles. The Kier molecular flexibility index (Phi) is 3.70. The molecule has 1 aliphatic rings. The van der Waals surface area contributed by atoms with Crippen LogP contribution in [0.4, 0.5) is 0 Å². The summed E-state index contributed by atoms with van der Waals surface area (Å²) in [6, 6.07) is 5.25. The second-order valence-corrected chi connectivity index (χ2v) is 5.44. The number of aliphatic carboxylic acids is 1. The highest BCUT2D eigenvalue weighted by atomic mass is 16.5. The summed E-state index contributed by atoms with van der Waals surface area (Å²) in [4.78, 5) is 23.8. The summed E-state index contributed by atoms with van der Waals surface area (Å²) in [6.07, 6.45) is 1.65. The lowest BCUT2D eigenvalue weighted by Crippen LogP contribution is -2.54. The van der Waals surface area contributed by atoms with E-state index in [2.05, 4.69) is 5.32 Å². The van der Waals surface area contributed by atoms with E-state index in [0.717, 1.165) is 18.4 Å². The van der Waals surface area contributed by atoms with E-state index in [1.165, 1.54) is 7.11 Å². The van der Waals surface area contributed by atoms with Gasteiger partial charge in [0.1, 0.15) is 11.3 Å². The van der Waals surface area contributed by atoms with Crippen LogP contribution in [0.15, 0.2) is 18.2 Å². The number of carbonyl (C=O) groups excluding carboxylic acids is 1. The molecule has 5 heteroatoms. The maximum atomic E-state index is 12.4. The molecule has 1 aromatic rings. The molecule has 5 nitrogen and oxygen atoms in total. The maximum absolute atomic E-state index is 12.4. The molecule has 1 aliphatic carbocycles. The zero-order valence-corrected chi connectivity index (χ0v) is 11.9. The number of aryl methyl sites for hydroxylation is 1. The molecular formula is C15H19NO4. The van der Waals surface area contributed by atoms with Gasteiger partial charge >= 0.3 is 5.97 Å². The van der Waals surface area contributed by atoms with Crippen molar-refractivity contribution in [2.75, 3.05) is 7.11 Å². The van der Waals surface area contributed by atoms with Crippen molar-refractivity contribution in [2.45, 2.75) is 32.2 Å². The summed E-state index contributed by atoms with van der Waals surface area (Å²) >= 11 is 0. The van der Waals surface area contributed by atoms with Crippen LogP contribution in [0.2, 0.25) is 0 Å². The van der Waals surface area contributed by atoms with Crippen molar-refractivity contribution >= 4 is 11.9 Å². The van der Waals surface area contributed by atoms with Gasteiger partial charge in [-0.3, -0.25) is 4.79 Å². The van der Waals surface area contributed by atoms with E-state index >= 15 is 0 Å². The van der Waals surface area contributed by atoms with Crippen LogP contribution >= 0.6 is 0 Å². The van der Waals surface area contributed by atoms with Gasteiger partial charge in [0.2, 0.25) is 0 Å². The van der Waals surface area contributed by atoms with Crippen LogP contribution in [0, 0.1) is 12.8 Å². The molecule has 1 aromatic carbocycles. The van der Waals surface area contributed by atoms with Crippen LogP contribution in [0.25, 0.3) is 0 Å². The van der Waals surface area contributed by atoms with Crippen LogP contribution < -0.4 is 10.1 Å². The topological polar surface area (TPSA) is 75.6 Å². The van der Waals surface area contributed by atoms with Crippen molar-refractivity contribution in [3.8, 4) is 5.75 Å². The van der Waals surface area contributed by atoms with Crippen molar-refractivity contribution in [3.63, 3.8) is 0 Å². The summed E-state index contributed by atoms with van der Waals surface area (Å²) in [6.45, 7) is 3.43. The van der Waals surface area contributed by atoms with Crippen LogP contribution in [0.1, 0.15) is 35.7 Å². The quantitative estimate of drug-likeness (QED) is 0.863. The van der Waals surface area contributed by atoms with Crippen molar-refractivity contribution < 1.29 is 19.4 Å². The molecular weight excluding hydrogens is 258 g/mol. The number of carbonyl (C=O) groups is 2. The van der Waals surface area contributed by atoms with Gasteiger partial charge in [0.05, 0.1) is 12.7 Å². The predicted octanol–water partition coefficient (Wildman–Crippen LogP) is 1.99. The van der Waals surface area contributed by atoms with E-state index in [1.54, 1.807) is 19.1 Å². The lowest BCUT2D eigenvalue weighted by atomic mass is 9.95. The highest BCUT2D eigenvalue weighted by Crippen LogP contribution is 2.40. The molecule has 1 amide bonds. The Bertz CT molecular complexity index is 551. The van der Waals surface area contributed by atoms with Gasteiger partial charge < -0.3 is 15.2 Å². The molecule has 0 spiro atoms. The van der Waals surface area contributed by atoms with Crippen LogP contribution in [0.5, 0.6) is 5.75 Å². The third-order valence-electron chi connectivity index (χ3n) is 3.81. The first-order valence-corrected chi connectivity index (χ1v) is 6.59. The number of hydrogen-bond donors (Lipinski definition) is 2. The number of ether oxygens (including phenoxy) is 1. The lowest BCUT2D eigenvalue weighted by molar-refractivity contribution is -0.144. The Morgan fingerprint density at radius 1 is 1.40 bits per heavy atom. The third kappa shape index (κ3) is 2.61. The van der Waals surface area contributed by atoms with Gasteiger partial charge in [0, 0.05) is 0 Å². The standard InChI is InChI=1S/C15H19NO4/c1-9-4-7-12(20-3)11(8-9)13(17)16-15(2,14(18)19)10-5-6-10/h4,7-8,10H,5-6H2,1-3H3,(H,16,17)(H,18,19). The first kappa shape index (κ1) is 14.4. The number of carboxylic acid groups (broad SMARTS) is 1. The zero-order valence-electron chi connectivity index (χ0n) is 11.9. The molecule has 0 saturated heterocycles. The van der Waals surface area contributed by atoms with Gasteiger partial charge in [-0.05, 0) is 44.7 Å². The average molecular weight is 277 g/mol. The molecule has 2 rings (SSSR count). The molecule has 0 aliphatic heterocycles. The minimum absolute atomic E-state index is 0.000228. The lowest BCUT2D eigenvalue weighted by Gasteiger charge is -2.26. The second kappa shape index (κ2) is 5.15. The Morgan fingerprint density at radius 2 is 2.05 bits per heavy atom. The number of benzene rings is 1. The Hall–Kier alpha value is -2.04. The third-order valence-corrected chi connectivity index (χ3v) is 3.81. The molecule has 1 saturated carbocycles. The van der Waals surface area contributed by atoms with Crippen molar-refractivity contribution in [1.29, 1.82) is 0 Å². The van der Waals surface area contributed by atoms with Gasteiger partial charge in [0.25, 0.3) is 5.91 Å². The van der Waals surface area contributed by atoms with E-state index in [1.807, 2.05) is 13.0 Å². The number of carboxylic acids is 1. The average Bonchev–Trinajstić information content (AvgIpc) is 3.22. The number of methoxy groups -OCH3 is 1. The molecule has 2 N–H and O–H groups in total. The highest BCUT2D eigenvalue weighted by molar-refractivity contribution is 6.00. The molecule has 1 atom stereocenters. The largest absolute Gasteiger partial charge is 0.496 e. The maximum Gasteiger partial charge on any atom is 0.329 e. The normalized spacial score (nSPS) is 17.1. The van der Waals surface area contributed by atoms with Gasteiger partial charge in [-0.2, -0.15) is 0 Å². The summed E-state index contributed by atoms with van der Waals surface area (Å²) in [7, 11) is 1.48. The fraction of sp³-hybridized carbons (Fsp3) is 0.467. The fourth-order valence-corrected chi connectivity index (χ4v) is 2.29. The molecule has 0 bridgehead atoms. The van der Waals surface area contributed by atoms with Crippen LogP contribution in [-0.2, 0) is 4.79 Å². The predicted molar refractivity (Wildman–Crippen MR) is 74.0 cm³/mol. The van der Waals surface area contributed by atoms with Crippen LogP contribution in [0.3, 0.4) is 0 Å². The minimum Gasteiger partial charge on any atom is -0.496 e. The Labute approximate surface area is 117 Å². The number of rotatable bonds is 5. The zero-order chi connectivity index (χ0) is 14.9. The number of hydrogen-bond acceptors (Lipinski definition) is 3. The summed E-state index contributed by atoms with van der Waals surface area (Å²) in [5, 5.41) is 12.0. The first-order chi connectivity index (χ1) is 9.38. The molecule has 0 radical (unpaired) electrons. The van der Waals surface area contributed by atoms with E-state index in [0.29, 0.717) is 11.3 Å². The molecule has 1 fully saturated rings. The van der Waals surface area contributed by atoms with Crippen molar-refractivity contribution in [3.05, 3.63) is 29.3 Å². The highest BCUT2D eigenvalue weighted by Gasteiger charge is 2.48. The Morgan fingerprint density at radius 3 is 2.55 bits per heavy atom. The molecule has 1 unspecified atom stereocenters. The van der Waals surface area contributed by atoms with Gasteiger partial charge in [-0.1, -0.05) is 11.6 Å². The van der Waals surface area contributed by atoms with Crippen LogP contribution in [-0.4, -0.2) is 29.6 Å². The van der Waals surface area contributed by atoms with E-state index in [9.17, 15) is 14.7 Å². The van der Waals surface area contributed by atoms with Gasteiger partial charge in [0.15, 0.2) is 0 Å². The fourth-order valence-electron chi connectivity index (χ4n) is 2.29. The van der Waals surface area contributed by atoms with Gasteiger partial charge in [-0.25, -0.2) is 4.79 Å². The van der Waals surface area contributed by atoms with E-state index < -0.39 is 17.4 Å². The van der Waals surface area contributed by atoms with Crippen molar-refractivity contribution in [2.24, 2.45) is 5.92 Å². The van der Waals surface area contributed by atoms with E-state index in [4.69, 9.17) is 4.74 Å². The summed E-state index contributed by atoms with van der Waals surface area (Å²) in [5.74, 6) is -0.973. The molecule has 0 aromatic heterocycles. The number of amides is 1. The first-order valence-electron chi connectivity index (χ1n) is 6.59. The summed E-state index contributed by atoms with van der Waals surface area (Å²) < 4.78 is 5.16. The minimum atomic E-state index is -1.22. The molecule has 20 heavy (non-hydrogen) atoms. The Balaban J connectivity index is 2.27. The SMILES string of the molecule is COc1ccc(C)cc1C(=O)NC(C)(C(=O)O)C1CC1. The number of nitrogens with one attached hydrogen (secondary N) is 1. The molecule has 108 valence electrons. The second-order valence-electron chi connectivity index (χ2n) is 5.44.